The second kappa shape index (κ2) is 6.36. The van der Waals surface area contributed by atoms with Crippen LogP contribution in [0.5, 0.6) is 0 Å². The third-order valence-corrected chi connectivity index (χ3v) is 7.21. The van der Waals surface area contributed by atoms with Crippen LogP contribution in [0.25, 0.3) is 72.6 Å². The fraction of sp³-hybridized carbons (Fsp3) is 0.0323. The van der Waals surface area contributed by atoms with Gasteiger partial charge in [-0.2, -0.15) is 0 Å². The van der Waals surface area contributed by atoms with Gasteiger partial charge in [0.25, 0.3) is 0 Å². The molecule has 7 aromatic rings. The van der Waals surface area contributed by atoms with Crippen LogP contribution < -0.4 is 5.22 Å². The fourth-order valence-electron chi connectivity index (χ4n) is 5.85. The van der Waals surface area contributed by atoms with Gasteiger partial charge in [0, 0.05) is 34.1 Å². The maximum absolute atomic E-state index is 4.54. The summed E-state index contributed by atoms with van der Waals surface area (Å²) in [6, 6.07) is 30.4. The van der Waals surface area contributed by atoms with Gasteiger partial charge >= 0.3 is 0 Å². The van der Waals surface area contributed by atoms with E-state index in [1.165, 1.54) is 54.3 Å². The zero-order valence-electron chi connectivity index (χ0n) is 18.5. The van der Waals surface area contributed by atoms with Crippen LogP contribution >= 0.6 is 0 Å². The summed E-state index contributed by atoms with van der Waals surface area (Å²) in [5.74, 6) is 0. The monoisotopic (exact) mass is 422 g/mol. The van der Waals surface area contributed by atoms with Crippen molar-refractivity contribution in [2.45, 2.75) is 0 Å². The van der Waals surface area contributed by atoms with E-state index in [0.29, 0.717) is 0 Å². The lowest BCUT2D eigenvalue weighted by molar-refractivity contribution is 0.996. The van der Waals surface area contributed by atoms with Crippen LogP contribution in [0.2, 0.25) is 0 Å². The van der Waals surface area contributed by atoms with E-state index in [9.17, 15) is 0 Å². The molecule has 2 aromatic heterocycles. The van der Waals surface area contributed by atoms with E-state index < -0.39 is 0 Å². The molecule has 2 nitrogen and oxygen atoms in total. The molecule has 0 fully saturated rings. The first-order chi connectivity index (χ1) is 16.2. The van der Waals surface area contributed by atoms with Crippen molar-refractivity contribution >= 4 is 66.9 Å². The van der Waals surface area contributed by atoms with Crippen molar-refractivity contribution in [1.29, 1.82) is 0 Å². The zero-order chi connectivity index (χ0) is 22.3. The molecule has 0 N–H and O–H groups in total. The van der Waals surface area contributed by atoms with E-state index in [1.807, 2.05) is 6.08 Å². The third kappa shape index (κ3) is 2.18. The van der Waals surface area contributed by atoms with Crippen LogP contribution in [0.4, 0.5) is 0 Å². The predicted molar refractivity (Wildman–Crippen MR) is 143 cm³/mol. The van der Waals surface area contributed by atoms with Gasteiger partial charge in [-0.25, -0.2) is 0 Å². The molecule has 7 rings (SSSR count). The lowest BCUT2D eigenvalue weighted by atomic mass is 9.97. The molecule has 156 valence electrons. The van der Waals surface area contributed by atoms with Crippen molar-refractivity contribution < 1.29 is 0 Å². The number of benzene rings is 5. The molecule has 0 unspecified atom stereocenters. The van der Waals surface area contributed by atoms with Crippen molar-refractivity contribution in [3.63, 3.8) is 0 Å². The van der Waals surface area contributed by atoms with E-state index in [0.717, 1.165) is 16.6 Å². The van der Waals surface area contributed by atoms with Crippen LogP contribution in [0.3, 0.4) is 0 Å². The molecule has 0 aliphatic heterocycles. The lowest BCUT2D eigenvalue weighted by Crippen LogP contribution is -2.04. The number of para-hydroxylation sites is 2. The van der Waals surface area contributed by atoms with Crippen LogP contribution in [0.15, 0.2) is 91.5 Å². The quantitative estimate of drug-likeness (QED) is 0.258. The average molecular weight is 423 g/mol. The van der Waals surface area contributed by atoms with Gasteiger partial charge in [0.2, 0.25) is 0 Å². The van der Waals surface area contributed by atoms with Gasteiger partial charge in [-0.15, -0.1) is 0 Å². The Hall–Kier alpha value is -4.30. The highest BCUT2D eigenvalue weighted by molar-refractivity contribution is 6.24. The minimum Gasteiger partial charge on any atom is -0.342 e. The molecule has 0 aliphatic carbocycles. The van der Waals surface area contributed by atoms with E-state index in [1.54, 1.807) is 0 Å². The molecular weight excluding hydrogens is 400 g/mol. The lowest BCUT2D eigenvalue weighted by Gasteiger charge is -2.12. The van der Waals surface area contributed by atoms with E-state index in [4.69, 9.17) is 0 Å². The molecule has 5 aromatic carbocycles. The van der Waals surface area contributed by atoms with Gasteiger partial charge in [0.05, 0.1) is 22.4 Å². The fourth-order valence-corrected chi connectivity index (χ4v) is 5.85. The Morgan fingerprint density at radius 2 is 1.27 bits per heavy atom. The molecule has 2 heterocycles. The molecule has 0 atom stereocenters. The molecule has 0 amide bonds. The summed E-state index contributed by atoms with van der Waals surface area (Å²) in [6.07, 6.45) is 1.99. The molecule has 33 heavy (non-hydrogen) atoms. The highest BCUT2D eigenvalue weighted by Crippen LogP contribution is 2.39. The molecular formula is C31H22N2. The molecule has 0 saturated heterocycles. The SMILES string of the molecule is C=Cc1c2c(=C)c3ccccc3c3cccc(c23)n1-c1cccc2c3ccccc3n(C)c12. The Morgan fingerprint density at radius 3 is 2.09 bits per heavy atom. The van der Waals surface area contributed by atoms with Crippen LogP contribution in [0.1, 0.15) is 5.69 Å². The number of aromatic nitrogens is 2. The van der Waals surface area contributed by atoms with Crippen molar-refractivity contribution in [2.24, 2.45) is 7.05 Å². The van der Waals surface area contributed by atoms with Gasteiger partial charge < -0.3 is 9.13 Å². The highest BCUT2D eigenvalue weighted by Gasteiger charge is 2.21. The first kappa shape index (κ1) is 18.3. The Kier molecular flexibility index (Phi) is 3.53. The van der Waals surface area contributed by atoms with Crippen LogP contribution in [-0.4, -0.2) is 9.13 Å². The molecule has 0 saturated carbocycles. The number of rotatable bonds is 2. The summed E-state index contributed by atoms with van der Waals surface area (Å²) in [6.45, 7) is 8.79. The van der Waals surface area contributed by atoms with Crippen molar-refractivity contribution in [3.05, 3.63) is 102 Å². The molecule has 0 aliphatic rings. The number of aryl methyl sites for hydroxylation is 1. The van der Waals surface area contributed by atoms with Gasteiger partial charge in [-0.1, -0.05) is 79.9 Å². The minimum absolute atomic E-state index is 1.06. The Bertz CT molecular complexity index is 1960. The second-order valence-electron chi connectivity index (χ2n) is 8.77. The Balaban J connectivity index is 1.76. The summed E-state index contributed by atoms with van der Waals surface area (Å²) in [7, 11) is 2.16. The summed E-state index contributed by atoms with van der Waals surface area (Å²) < 4.78 is 4.69. The molecule has 0 radical (unpaired) electrons. The highest BCUT2D eigenvalue weighted by atomic mass is 15.0. The first-order valence-electron chi connectivity index (χ1n) is 11.3. The first-order valence-corrected chi connectivity index (χ1v) is 11.3. The normalized spacial score (nSPS) is 12.0. The Morgan fingerprint density at radius 1 is 0.636 bits per heavy atom. The smallest absolute Gasteiger partial charge is 0.0733 e. The Labute approximate surface area is 191 Å². The summed E-state index contributed by atoms with van der Waals surface area (Å²) in [4.78, 5) is 0. The van der Waals surface area contributed by atoms with Crippen LogP contribution in [-0.2, 0) is 7.05 Å². The largest absolute Gasteiger partial charge is 0.342 e. The topological polar surface area (TPSA) is 9.86 Å². The van der Waals surface area contributed by atoms with Crippen LogP contribution in [0, 0.1) is 0 Å². The third-order valence-electron chi connectivity index (χ3n) is 7.21. The number of fused-ring (bicyclic) bond motifs is 5. The van der Waals surface area contributed by atoms with E-state index in [-0.39, 0.29) is 0 Å². The maximum Gasteiger partial charge on any atom is 0.0733 e. The van der Waals surface area contributed by atoms with E-state index in [2.05, 4.69) is 114 Å². The second-order valence-corrected chi connectivity index (χ2v) is 8.77. The average Bonchev–Trinajstić information content (AvgIpc) is 3.36. The van der Waals surface area contributed by atoms with Crippen molar-refractivity contribution in [1.82, 2.24) is 9.13 Å². The minimum atomic E-state index is 1.06. The van der Waals surface area contributed by atoms with Crippen molar-refractivity contribution in [2.75, 3.05) is 0 Å². The molecule has 0 bridgehead atoms. The molecule has 2 heteroatoms. The van der Waals surface area contributed by atoms with Gasteiger partial charge in [0.1, 0.15) is 0 Å². The number of hydrogen-bond donors (Lipinski definition) is 0. The van der Waals surface area contributed by atoms with Gasteiger partial charge in [-0.05, 0) is 45.7 Å². The van der Waals surface area contributed by atoms with Crippen molar-refractivity contribution in [3.8, 4) is 5.69 Å². The maximum atomic E-state index is 4.54. The molecule has 0 spiro atoms. The van der Waals surface area contributed by atoms with E-state index >= 15 is 0 Å². The predicted octanol–water partition coefficient (Wildman–Crippen LogP) is 7.35. The van der Waals surface area contributed by atoms with Gasteiger partial charge in [0.15, 0.2) is 0 Å². The number of nitrogens with zero attached hydrogens (tertiary/aromatic N) is 2. The summed E-state index contributed by atoms with van der Waals surface area (Å²) in [5, 5.41) is 9.74. The number of hydrogen-bond acceptors (Lipinski definition) is 0. The zero-order valence-corrected chi connectivity index (χ0v) is 18.5. The van der Waals surface area contributed by atoms with Gasteiger partial charge in [-0.3, -0.25) is 0 Å². The summed E-state index contributed by atoms with van der Waals surface area (Å²) in [5.41, 5.74) is 5.89. The standard InChI is InChI=1S/C31H22N2/c1-4-25-29-19(2)20-11-5-6-12-21(20)23-14-9-17-27(30(23)29)33(25)28-18-10-15-24-22-13-7-8-16-26(22)32(3)31(24)28/h4-18H,1-2H2,3H3. The summed E-state index contributed by atoms with van der Waals surface area (Å²) >= 11 is 0.